The van der Waals surface area contributed by atoms with Crippen LogP contribution in [-0.4, -0.2) is 59.4 Å². The number of nitrogens with zero attached hydrogens (tertiary/aromatic N) is 3. The zero-order valence-electron chi connectivity index (χ0n) is 15.9. The summed E-state index contributed by atoms with van der Waals surface area (Å²) in [5.41, 5.74) is 2.77. The molecular formula is C21H22N4O3. The Hall–Kier alpha value is -3.03. The molecule has 0 bridgehead atoms. The molecule has 0 fully saturated rings. The zero-order valence-corrected chi connectivity index (χ0v) is 15.9. The average Bonchev–Trinajstić information content (AvgIpc) is 2.68. The number of rotatable bonds is 6. The van der Waals surface area contributed by atoms with Gasteiger partial charge in [0, 0.05) is 35.3 Å². The van der Waals surface area contributed by atoms with Crippen molar-refractivity contribution >= 4 is 22.2 Å². The van der Waals surface area contributed by atoms with Crippen LogP contribution in [0, 0.1) is 0 Å². The fraction of sp³-hybridized carbons (Fsp3) is 0.286. The van der Waals surface area contributed by atoms with Crippen molar-refractivity contribution in [3.63, 3.8) is 0 Å². The minimum atomic E-state index is -0.305. The molecule has 1 aliphatic rings. The number of nitrogens with one attached hydrogen (secondary N) is 1. The van der Waals surface area contributed by atoms with Gasteiger partial charge >= 0.3 is 0 Å². The van der Waals surface area contributed by atoms with Crippen LogP contribution in [0.5, 0.6) is 0 Å². The molecule has 0 amide bonds. The molecule has 1 aromatic heterocycles. The molecule has 0 radical (unpaired) electrons. The normalized spacial score (nSPS) is 12.5. The lowest BCUT2D eigenvalue weighted by molar-refractivity contribution is 0.104. The second kappa shape index (κ2) is 7.18. The first kappa shape index (κ1) is 18.3. The topological polar surface area (TPSA) is 87.5 Å². The van der Waals surface area contributed by atoms with Crippen molar-refractivity contribution in [3.05, 3.63) is 57.9 Å². The van der Waals surface area contributed by atoms with E-state index in [9.17, 15) is 14.7 Å². The summed E-state index contributed by atoms with van der Waals surface area (Å²) in [6.45, 7) is 1.40. The number of ketones is 1. The van der Waals surface area contributed by atoms with Crippen LogP contribution in [0.15, 0.2) is 41.2 Å². The van der Waals surface area contributed by atoms with Gasteiger partial charge in [-0.25, -0.2) is 4.68 Å². The quantitative estimate of drug-likeness (QED) is 0.530. The van der Waals surface area contributed by atoms with E-state index in [1.807, 2.05) is 32.3 Å². The molecule has 3 aromatic rings. The number of aliphatic hydroxyl groups excluding tert-OH is 1. The van der Waals surface area contributed by atoms with Crippen LogP contribution < -0.4 is 10.9 Å². The number of anilines is 1. The van der Waals surface area contributed by atoms with E-state index in [1.165, 1.54) is 4.68 Å². The van der Waals surface area contributed by atoms with Gasteiger partial charge in [0.2, 0.25) is 0 Å². The Morgan fingerprint density at radius 1 is 1.11 bits per heavy atom. The van der Waals surface area contributed by atoms with Crippen molar-refractivity contribution in [2.24, 2.45) is 0 Å². The summed E-state index contributed by atoms with van der Waals surface area (Å²) in [6, 6.07) is 10.8. The summed E-state index contributed by atoms with van der Waals surface area (Å²) in [6.07, 6.45) is 0. The van der Waals surface area contributed by atoms with Gasteiger partial charge in [0.05, 0.1) is 24.1 Å². The molecule has 7 nitrogen and oxygen atoms in total. The smallest absolute Gasteiger partial charge is 0.274 e. The fourth-order valence-corrected chi connectivity index (χ4v) is 3.64. The van der Waals surface area contributed by atoms with Crippen molar-refractivity contribution in [1.29, 1.82) is 0 Å². The van der Waals surface area contributed by atoms with Crippen LogP contribution in [0.4, 0.5) is 5.69 Å². The van der Waals surface area contributed by atoms with Gasteiger partial charge in [-0.3, -0.25) is 9.59 Å². The third-order valence-corrected chi connectivity index (χ3v) is 4.97. The molecule has 0 atom stereocenters. The van der Waals surface area contributed by atoms with E-state index >= 15 is 0 Å². The van der Waals surface area contributed by atoms with E-state index in [2.05, 4.69) is 15.3 Å². The number of hydrogen-bond donors (Lipinski definition) is 2. The Balaban J connectivity index is 2.00. The number of benzene rings is 2. The van der Waals surface area contributed by atoms with E-state index in [4.69, 9.17) is 0 Å². The largest absolute Gasteiger partial charge is 0.394 e. The van der Waals surface area contributed by atoms with E-state index in [1.54, 1.807) is 18.2 Å². The van der Waals surface area contributed by atoms with Crippen LogP contribution in [-0.2, 0) is 6.54 Å². The average molecular weight is 378 g/mol. The Bertz CT molecular complexity index is 1130. The maximum absolute atomic E-state index is 13.3. The molecular weight excluding hydrogens is 356 g/mol. The molecule has 28 heavy (non-hydrogen) atoms. The number of hydrogen-bond acceptors (Lipinski definition) is 6. The molecule has 0 aliphatic heterocycles. The zero-order chi connectivity index (χ0) is 19.8. The van der Waals surface area contributed by atoms with Crippen molar-refractivity contribution in [1.82, 2.24) is 14.7 Å². The van der Waals surface area contributed by atoms with Crippen molar-refractivity contribution in [2.45, 2.75) is 6.54 Å². The highest BCUT2D eigenvalue weighted by molar-refractivity contribution is 6.27. The monoisotopic (exact) mass is 378 g/mol. The molecule has 0 saturated heterocycles. The number of aromatic nitrogens is 2. The van der Waals surface area contributed by atoms with E-state index in [0.29, 0.717) is 45.4 Å². The Morgan fingerprint density at radius 2 is 1.86 bits per heavy atom. The number of carbonyl (C=O) groups excluding carboxylic acids is 1. The SMILES string of the molecule is CN(C)CCNc1ccc2c(=O)n(CCO)nc3c2c1C(=O)c1ccccc1-3. The molecule has 0 saturated carbocycles. The second-order valence-electron chi connectivity index (χ2n) is 7.12. The first-order valence-corrected chi connectivity index (χ1v) is 9.24. The standard InChI is InChI=1S/C21H22N4O3/c1-24(2)10-9-22-16-8-7-15-17-18(16)20(27)14-6-4-3-5-13(14)19(17)23-25(11-12-26)21(15)28/h3-8,22,26H,9-12H2,1-2H3. The summed E-state index contributed by atoms with van der Waals surface area (Å²) in [7, 11) is 3.97. The lowest BCUT2D eigenvalue weighted by atomic mass is 9.85. The van der Waals surface area contributed by atoms with Gasteiger partial charge in [0.25, 0.3) is 5.56 Å². The third kappa shape index (κ3) is 2.89. The molecule has 0 unspecified atom stereocenters. The van der Waals surface area contributed by atoms with Crippen LogP contribution in [0.25, 0.3) is 22.0 Å². The molecule has 0 spiro atoms. The van der Waals surface area contributed by atoms with Crippen LogP contribution in [0.1, 0.15) is 15.9 Å². The first-order chi connectivity index (χ1) is 13.5. The van der Waals surface area contributed by atoms with Gasteiger partial charge < -0.3 is 15.3 Å². The van der Waals surface area contributed by atoms with E-state index < -0.39 is 0 Å². The Labute approximate surface area is 162 Å². The number of carbonyl (C=O) groups is 1. The molecule has 2 N–H and O–H groups in total. The second-order valence-corrected chi connectivity index (χ2v) is 7.12. The minimum Gasteiger partial charge on any atom is -0.394 e. The molecule has 1 aliphatic carbocycles. The van der Waals surface area contributed by atoms with Gasteiger partial charge in [-0.05, 0) is 26.2 Å². The predicted molar refractivity (Wildman–Crippen MR) is 109 cm³/mol. The first-order valence-electron chi connectivity index (χ1n) is 9.24. The van der Waals surface area contributed by atoms with Crippen molar-refractivity contribution < 1.29 is 9.90 Å². The van der Waals surface area contributed by atoms with Gasteiger partial charge in [0.15, 0.2) is 5.78 Å². The summed E-state index contributed by atoms with van der Waals surface area (Å²) in [5, 5.41) is 18.2. The summed E-state index contributed by atoms with van der Waals surface area (Å²) in [4.78, 5) is 28.2. The lowest BCUT2D eigenvalue weighted by Crippen LogP contribution is -2.28. The van der Waals surface area contributed by atoms with Gasteiger partial charge in [-0.2, -0.15) is 5.10 Å². The molecule has 1 heterocycles. The van der Waals surface area contributed by atoms with Crippen LogP contribution in [0.2, 0.25) is 0 Å². The maximum atomic E-state index is 13.3. The van der Waals surface area contributed by atoms with Gasteiger partial charge in [0.1, 0.15) is 5.69 Å². The third-order valence-electron chi connectivity index (χ3n) is 4.97. The van der Waals surface area contributed by atoms with Gasteiger partial charge in [-0.15, -0.1) is 0 Å². The van der Waals surface area contributed by atoms with Gasteiger partial charge in [-0.1, -0.05) is 24.3 Å². The summed E-state index contributed by atoms with van der Waals surface area (Å²) < 4.78 is 1.27. The predicted octanol–water partition coefficient (Wildman–Crippen LogP) is 1.57. The Morgan fingerprint density at radius 3 is 2.57 bits per heavy atom. The minimum absolute atomic E-state index is 0.107. The molecule has 7 heteroatoms. The van der Waals surface area contributed by atoms with Crippen LogP contribution in [0.3, 0.4) is 0 Å². The van der Waals surface area contributed by atoms with E-state index in [-0.39, 0.29) is 24.5 Å². The molecule has 4 rings (SSSR count). The summed E-state index contributed by atoms with van der Waals surface area (Å²) >= 11 is 0. The molecule has 2 aromatic carbocycles. The number of likely N-dealkylation sites (N-methyl/N-ethyl adjacent to an activating group) is 1. The van der Waals surface area contributed by atoms with Crippen molar-refractivity contribution in [2.75, 3.05) is 39.1 Å². The molecule has 144 valence electrons. The highest BCUT2D eigenvalue weighted by Crippen LogP contribution is 2.39. The van der Waals surface area contributed by atoms with Crippen LogP contribution >= 0.6 is 0 Å². The maximum Gasteiger partial charge on any atom is 0.274 e. The lowest BCUT2D eigenvalue weighted by Gasteiger charge is -2.23. The Kier molecular flexibility index (Phi) is 4.70. The van der Waals surface area contributed by atoms with Crippen molar-refractivity contribution in [3.8, 4) is 11.3 Å². The summed E-state index contributed by atoms with van der Waals surface area (Å²) in [5.74, 6) is -0.109. The number of aliphatic hydroxyl groups is 1. The van der Waals surface area contributed by atoms with E-state index in [0.717, 1.165) is 6.54 Å². The number of fused-ring (bicyclic) bond motifs is 2. The fourth-order valence-electron chi connectivity index (χ4n) is 3.64. The highest BCUT2D eigenvalue weighted by atomic mass is 16.3. The highest BCUT2D eigenvalue weighted by Gasteiger charge is 2.30.